The Kier molecular flexibility index (Phi) is 7.11. The van der Waals surface area contributed by atoms with Gasteiger partial charge in [0.15, 0.2) is 5.82 Å². The molecule has 12 heteroatoms. The van der Waals surface area contributed by atoms with Crippen LogP contribution in [0.1, 0.15) is 52.9 Å². The second-order valence-electron chi connectivity index (χ2n) is 15.6. The predicted octanol–water partition coefficient (Wildman–Crippen LogP) is 6.60. The van der Waals surface area contributed by atoms with Crippen molar-refractivity contribution in [3.05, 3.63) is 48.3 Å². The normalized spacial score (nSPS) is 27.3. The van der Waals surface area contributed by atoms with Crippen molar-refractivity contribution in [3.8, 4) is 28.6 Å². The van der Waals surface area contributed by atoms with Crippen molar-refractivity contribution in [2.45, 2.75) is 88.3 Å². The molecule has 4 saturated heterocycles. The molecule has 5 aliphatic rings. The van der Waals surface area contributed by atoms with Gasteiger partial charge in [0, 0.05) is 25.1 Å². The molecule has 0 unspecified atom stereocenters. The number of hydrogen-bond acceptors (Lipinski definition) is 9. The number of aromatic nitrogens is 2. The van der Waals surface area contributed by atoms with Gasteiger partial charge in [-0.3, -0.25) is 9.80 Å². The molecule has 1 N–H and O–H groups in total. The van der Waals surface area contributed by atoms with Gasteiger partial charge in [0.25, 0.3) is 0 Å². The molecule has 5 atom stereocenters. The average Bonchev–Trinajstić information content (AvgIpc) is 3.67. The SMILES string of the molecule is CC(C)(C)OC(=O)N1[C@H]2CC[C@@H]1[C@H]1COc3cc(-c4cc(O)cc5ccccc45)c(F)c4nc(OC[C@@]56CCCN5C[C@H](F)C6)nc(c34)N1C2. The van der Waals surface area contributed by atoms with Crippen molar-refractivity contribution >= 4 is 33.6 Å². The van der Waals surface area contributed by atoms with Crippen LogP contribution in [0, 0.1) is 5.82 Å². The number of amides is 1. The number of anilines is 1. The minimum absolute atomic E-state index is 0.0101. The largest absolute Gasteiger partial charge is 0.508 e. The summed E-state index contributed by atoms with van der Waals surface area (Å²) in [5.41, 5.74) is -0.317. The first kappa shape index (κ1) is 31.5. The van der Waals surface area contributed by atoms with E-state index in [2.05, 4.69) is 9.80 Å². The van der Waals surface area contributed by atoms with Gasteiger partial charge in [0.2, 0.25) is 0 Å². The van der Waals surface area contributed by atoms with Gasteiger partial charge in [-0.15, -0.1) is 0 Å². The number of rotatable bonds is 4. The van der Waals surface area contributed by atoms with Crippen LogP contribution >= 0.6 is 0 Å². The number of piperazine rings is 1. The number of aromatic hydroxyl groups is 1. The van der Waals surface area contributed by atoms with Crippen molar-refractivity contribution in [2.75, 3.05) is 37.7 Å². The summed E-state index contributed by atoms with van der Waals surface area (Å²) < 4.78 is 50.5. The molecule has 262 valence electrons. The van der Waals surface area contributed by atoms with E-state index >= 15 is 4.39 Å². The number of phenolic OH excluding ortho intramolecular Hbond substituents is 1. The van der Waals surface area contributed by atoms with E-state index in [0.29, 0.717) is 42.0 Å². The minimum Gasteiger partial charge on any atom is -0.508 e. The molecule has 5 aliphatic heterocycles. The van der Waals surface area contributed by atoms with E-state index in [1.165, 1.54) is 0 Å². The summed E-state index contributed by atoms with van der Waals surface area (Å²) in [6, 6.07) is 11.8. The molecular weight excluding hydrogens is 644 g/mol. The highest BCUT2D eigenvalue weighted by Crippen LogP contribution is 2.48. The molecule has 9 rings (SSSR count). The van der Waals surface area contributed by atoms with Gasteiger partial charge in [-0.25, -0.2) is 13.6 Å². The highest BCUT2D eigenvalue weighted by Gasteiger charge is 2.52. The fourth-order valence-corrected chi connectivity index (χ4v) is 9.21. The third-order valence-corrected chi connectivity index (χ3v) is 11.3. The number of nitrogens with zero attached hydrogens (tertiary/aromatic N) is 5. The van der Waals surface area contributed by atoms with Gasteiger partial charge < -0.3 is 24.2 Å². The average molecular weight is 686 g/mol. The van der Waals surface area contributed by atoms with E-state index < -0.39 is 23.1 Å². The molecule has 2 bridgehead atoms. The number of carbonyl (C=O) groups is 1. The quantitative estimate of drug-likeness (QED) is 0.255. The molecule has 6 heterocycles. The van der Waals surface area contributed by atoms with Crippen molar-refractivity contribution in [1.29, 1.82) is 0 Å². The van der Waals surface area contributed by atoms with Gasteiger partial charge >= 0.3 is 12.1 Å². The zero-order valence-electron chi connectivity index (χ0n) is 28.5. The van der Waals surface area contributed by atoms with Crippen molar-refractivity contribution in [3.63, 3.8) is 0 Å². The van der Waals surface area contributed by atoms with Gasteiger partial charge in [-0.05, 0) is 87.5 Å². The molecule has 0 spiro atoms. The summed E-state index contributed by atoms with van der Waals surface area (Å²) in [5.74, 6) is 0.327. The molecule has 0 radical (unpaired) electrons. The van der Waals surface area contributed by atoms with Gasteiger partial charge in [-0.1, -0.05) is 24.3 Å². The molecule has 50 heavy (non-hydrogen) atoms. The number of halogens is 2. The summed E-state index contributed by atoms with van der Waals surface area (Å²) in [6.45, 7) is 7.65. The third kappa shape index (κ3) is 5.00. The molecule has 1 aromatic heterocycles. The van der Waals surface area contributed by atoms with Crippen LogP contribution in [0.3, 0.4) is 0 Å². The maximum absolute atomic E-state index is 17.1. The number of alkyl halides is 1. The fourth-order valence-electron chi connectivity index (χ4n) is 9.21. The van der Waals surface area contributed by atoms with E-state index in [-0.39, 0.29) is 60.3 Å². The Labute approximate surface area is 288 Å². The van der Waals surface area contributed by atoms with Crippen LogP contribution in [-0.2, 0) is 4.74 Å². The van der Waals surface area contributed by atoms with Crippen molar-refractivity contribution in [2.24, 2.45) is 0 Å². The highest BCUT2D eigenvalue weighted by molar-refractivity contribution is 6.04. The van der Waals surface area contributed by atoms with Crippen LogP contribution in [0.2, 0.25) is 0 Å². The van der Waals surface area contributed by atoms with Crippen LogP contribution in [0.5, 0.6) is 17.5 Å². The number of carbonyl (C=O) groups excluding carboxylic acids is 1. The molecule has 1 amide bonds. The van der Waals surface area contributed by atoms with Gasteiger partial charge in [0.1, 0.15) is 47.8 Å². The number of benzene rings is 3. The number of phenols is 1. The standard InChI is InChI=1S/C38H41F2N5O5/c1-37(2,3)50-36(47)45-23-9-10-28(45)29-19-48-30-15-27(26-14-24(46)13-21-7-4-5-8-25(21)26)32(40)33-31(30)34(44(29)18-23)42-35(41-33)49-20-38-11-6-12-43(38)17-22(39)16-38/h4-5,7-8,13-15,22-23,28-29,46H,6,9-12,16-20H2,1-3H3/t22-,23+,28-,29-,38+/m1/s1. The second-order valence-corrected chi connectivity index (χ2v) is 15.6. The lowest BCUT2D eigenvalue weighted by Gasteiger charge is -2.46. The molecule has 4 aromatic rings. The van der Waals surface area contributed by atoms with Crippen molar-refractivity contribution < 1.29 is 32.9 Å². The van der Waals surface area contributed by atoms with E-state index in [9.17, 15) is 14.3 Å². The molecule has 10 nitrogen and oxygen atoms in total. The first-order valence-electron chi connectivity index (χ1n) is 17.7. The van der Waals surface area contributed by atoms with Crippen LogP contribution < -0.4 is 14.4 Å². The third-order valence-electron chi connectivity index (χ3n) is 11.3. The van der Waals surface area contributed by atoms with Crippen LogP contribution in [0.25, 0.3) is 32.8 Å². The van der Waals surface area contributed by atoms with Gasteiger partial charge in [-0.2, -0.15) is 9.97 Å². The van der Waals surface area contributed by atoms with E-state index in [4.69, 9.17) is 24.2 Å². The van der Waals surface area contributed by atoms with E-state index in [1.807, 2.05) is 49.9 Å². The molecule has 0 saturated carbocycles. The Balaban J connectivity index is 1.18. The first-order chi connectivity index (χ1) is 24.0. The summed E-state index contributed by atoms with van der Waals surface area (Å²) in [5, 5.41) is 12.6. The maximum atomic E-state index is 17.1. The Hall–Kier alpha value is -4.45. The molecule has 3 aromatic carbocycles. The lowest BCUT2D eigenvalue weighted by molar-refractivity contribution is 0.00545. The number of hydrogen-bond donors (Lipinski definition) is 1. The predicted molar refractivity (Wildman–Crippen MR) is 184 cm³/mol. The zero-order chi connectivity index (χ0) is 34.5. The summed E-state index contributed by atoms with van der Waals surface area (Å²) in [6.07, 6.45) is 2.44. The maximum Gasteiger partial charge on any atom is 0.410 e. The topological polar surface area (TPSA) is 100 Å². The Morgan fingerprint density at radius 2 is 1.94 bits per heavy atom. The highest BCUT2D eigenvalue weighted by atomic mass is 19.1. The second kappa shape index (κ2) is 11.3. The molecule has 0 aliphatic carbocycles. The lowest BCUT2D eigenvalue weighted by Crippen LogP contribution is -2.63. The molecular formula is C38H41F2N5O5. The monoisotopic (exact) mass is 685 g/mol. The first-order valence-corrected chi connectivity index (χ1v) is 17.7. The summed E-state index contributed by atoms with van der Waals surface area (Å²) >= 11 is 0. The fraction of sp³-hybridized carbons (Fsp3) is 0.500. The van der Waals surface area contributed by atoms with Crippen LogP contribution in [-0.4, -0.2) is 99.3 Å². The molecule has 4 fully saturated rings. The van der Waals surface area contributed by atoms with Crippen LogP contribution in [0.4, 0.5) is 19.4 Å². The zero-order valence-corrected chi connectivity index (χ0v) is 28.5. The Bertz CT molecular complexity index is 2040. The van der Waals surface area contributed by atoms with E-state index in [1.54, 1.807) is 18.2 Å². The number of fused-ring (bicyclic) bond motifs is 7. The van der Waals surface area contributed by atoms with Crippen molar-refractivity contribution in [1.82, 2.24) is 19.8 Å². The van der Waals surface area contributed by atoms with E-state index in [0.717, 1.165) is 43.0 Å². The van der Waals surface area contributed by atoms with Crippen LogP contribution in [0.15, 0.2) is 42.5 Å². The summed E-state index contributed by atoms with van der Waals surface area (Å²) in [4.78, 5) is 29.3. The Morgan fingerprint density at radius 1 is 1.10 bits per heavy atom. The minimum atomic E-state index is -0.921. The smallest absolute Gasteiger partial charge is 0.410 e. The summed E-state index contributed by atoms with van der Waals surface area (Å²) in [7, 11) is 0. The Morgan fingerprint density at radius 3 is 2.78 bits per heavy atom. The number of ether oxygens (including phenoxy) is 3. The van der Waals surface area contributed by atoms with Gasteiger partial charge in [0.05, 0.1) is 29.1 Å². The lowest BCUT2D eigenvalue weighted by atomic mass is 9.95.